The number of nitrogens with two attached hydrogens (primary N) is 1. The molecule has 1 aliphatic heterocycles. The van der Waals surface area contributed by atoms with Crippen molar-refractivity contribution in [1.29, 1.82) is 0 Å². The Morgan fingerprint density at radius 2 is 1.83 bits per heavy atom. The predicted octanol–water partition coefficient (Wildman–Crippen LogP) is 0.518. The number of hydrogen-bond donors (Lipinski definition) is 2. The number of nitrogens with one attached hydrogen (secondary N) is 1. The number of likely N-dealkylation sites (tertiary alicyclic amines) is 1. The lowest BCUT2D eigenvalue weighted by molar-refractivity contribution is 0.0601. The summed E-state index contributed by atoms with van der Waals surface area (Å²) in [4.78, 5) is 2.42. The summed E-state index contributed by atoms with van der Waals surface area (Å²) < 4.78 is 22.5. The highest BCUT2D eigenvalue weighted by atomic mass is 32.2. The van der Waals surface area contributed by atoms with Gasteiger partial charge in [-0.3, -0.25) is 16.2 Å². The zero-order valence-corrected chi connectivity index (χ0v) is 12.6. The van der Waals surface area contributed by atoms with Crippen molar-refractivity contribution in [3.05, 3.63) is 0 Å². The molecule has 18 heavy (non-hydrogen) atoms. The maximum absolute atomic E-state index is 11.3. The molecule has 1 aliphatic rings. The first-order valence-corrected chi connectivity index (χ1v) is 8.72. The van der Waals surface area contributed by atoms with E-state index in [1.165, 1.54) is 25.5 Å². The molecule has 108 valence electrons. The fraction of sp³-hybridized carbons (Fsp3) is 1.00. The van der Waals surface area contributed by atoms with E-state index in [2.05, 4.69) is 24.2 Å². The number of hydrazine groups is 1. The summed E-state index contributed by atoms with van der Waals surface area (Å²) >= 11 is 0. The molecule has 1 fully saturated rings. The third kappa shape index (κ3) is 4.50. The molecule has 6 heteroatoms. The fourth-order valence-corrected chi connectivity index (χ4v) is 3.33. The van der Waals surface area contributed by atoms with Crippen LogP contribution in [0.5, 0.6) is 0 Å². The van der Waals surface area contributed by atoms with Crippen LogP contribution in [0, 0.1) is 0 Å². The van der Waals surface area contributed by atoms with Gasteiger partial charge in [0.2, 0.25) is 0 Å². The van der Waals surface area contributed by atoms with Gasteiger partial charge in [-0.05, 0) is 46.2 Å². The van der Waals surface area contributed by atoms with E-state index in [-0.39, 0.29) is 17.3 Å². The Balaban J connectivity index is 2.66. The number of piperidine rings is 1. The van der Waals surface area contributed by atoms with Gasteiger partial charge in [0, 0.05) is 17.8 Å². The molecule has 0 aromatic heterocycles. The van der Waals surface area contributed by atoms with E-state index in [0.717, 1.165) is 13.1 Å². The normalized spacial score (nSPS) is 20.9. The lowest BCUT2D eigenvalue weighted by Gasteiger charge is -2.45. The average Bonchev–Trinajstić information content (AvgIpc) is 2.29. The highest BCUT2D eigenvalue weighted by molar-refractivity contribution is 7.90. The Morgan fingerprint density at radius 3 is 2.28 bits per heavy atom. The van der Waals surface area contributed by atoms with Crippen molar-refractivity contribution in [1.82, 2.24) is 10.3 Å². The molecule has 0 aliphatic carbocycles. The van der Waals surface area contributed by atoms with Gasteiger partial charge >= 0.3 is 0 Å². The van der Waals surface area contributed by atoms with Gasteiger partial charge in [-0.15, -0.1) is 0 Å². The minimum absolute atomic E-state index is 0.00896. The molecule has 1 unspecified atom stereocenters. The van der Waals surface area contributed by atoms with Crippen LogP contribution in [0.15, 0.2) is 0 Å². The summed E-state index contributed by atoms with van der Waals surface area (Å²) in [6, 6.07) is -0.00896. The Bertz CT molecular complexity index is 348. The monoisotopic (exact) mass is 277 g/mol. The molecule has 0 saturated carbocycles. The topological polar surface area (TPSA) is 75.4 Å². The highest BCUT2D eigenvalue weighted by Crippen LogP contribution is 2.25. The Labute approximate surface area is 111 Å². The third-order valence-electron chi connectivity index (χ3n) is 4.00. The zero-order valence-electron chi connectivity index (χ0n) is 11.8. The summed E-state index contributed by atoms with van der Waals surface area (Å²) in [7, 11) is -2.93. The Kier molecular flexibility index (Phi) is 5.58. The molecule has 3 N–H and O–H groups in total. The number of hydrogen-bond acceptors (Lipinski definition) is 5. The minimum Gasteiger partial charge on any atom is -0.297 e. The van der Waals surface area contributed by atoms with Crippen LogP contribution in [0.4, 0.5) is 0 Å². The van der Waals surface area contributed by atoms with E-state index in [4.69, 9.17) is 5.84 Å². The van der Waals surface area contributed by atoms with E-state index < -0.39 is 9.84 Å². The quantitative estimate of drug-likeness (QED) is 0.547. The van der Waals surface area contributed by atoms with Crippen molar-refractivity contribution in [2.75, 3.05) is 25.1 Å². The molecule has 0 bridgehead atoms. The molecule has 1 saturated heterocycles. The van der Waals surface area contributed by atoms with Crippen molar-refractivity contribution in [3.8, 4) is 0 Å². The highest BCUT2D eigenvalue weighted by Gasteiger charge is 2.35. The second-order valence-corrected chi connectivity index (χ2v) is 8.10. The standard InChI is InChI=1S/C12H27N3O2S/c1-12(2,15-8-5-4-6-9-15)11(14-13)7-10-18(3,16)17/h11,14H,4-10,13H2,1-3H3. The van der Waals surface area contributed by atoms with Crippen molar-refractivity contribution in [2.45, 2.75) is 51.1 Å². The van der Waals surface area contributed by atoms with Crippen LogP contribution in [-0.2, 0) is 9.84 Å². The largest absolute Gasteiger partial charge is 0.297 e. The van der Waals surface area contributed by atoms with Crippen LogP contribution >= 0.6 is 0 Å². The summed E-state index contributed by atoms with van der Waals surface area (Å²) in [5, 5.41) is 0. The number of nitrogens with zero attached hydrogens (tertiary/aromatic N) is 1. The summed E-state index contributed by atoms with van der Waals surface area (Å²) in [6.45, 7) is 6.43. The second-order valence-electron chi connectivity index (χ2n) is 5.84. The molecular weight excluding hydrogens is 250 g/mol. The third-order valence-corrected chi connectivity index (χ3v) is 4.98. The lowest BCUT2D eigenvalue weighted by Crippen LogP contribution is -2.60. The van der Waals surface area contributed by atoms with Crippen LogP contribution in [-0.4, -0.2) is 50.0 Å². The van der Waals surface area contributed by atoms with Crippen molar-refractivity contribution in [3.63, 3.8) is 0 Å². The van der Waals surface area contributed by atoms with Gasteiger partial charge in [0.05, 0.1) is 5.75 Å². The molecule has 5 nitrogen and oxygen atoms in total. The minimum atomic E-state index is -2.93. The molecule has 0 radical (unpaired) electrons. The van der Waals surface area contributed by atoms with Gasteiger partial charge in [-0.1, -0.05) is 6.42 Å². The summed E-state index contributed by atoms with van der Waals surface area (Å²) in [6.07, 6.45) is 5.55. The van der Waals surface area contributed by atoms with Crippen molar-refractivity contribution in [2.24, 2.45) is 5.84 Å². The van der Waals surface area contributed by atoms with Gasteiger partial charge in [0.25, 0.3) is 0 Å². The van der Waals surface area contributed by atoms with Gasteiger partial charge in [0.1, 0.15) is 9.84 Å². The summed E-state index contributed by atoms with van der Waals surface area (Å²) in [5.41, 5.74) is 2.69. The molecule has 0 amide bonds. The first-order chi connectivity index (χ1) is 8.27. The summed E-state index contributed by atoms with van der Waals surface area (Å²) in [5.74, 6) is 5.80. The first-order valence-electron chi connectivity index (χ1n) is 6.66. The molecule has 0 spiro atoms. The molecule has 1 heterocycles. The maximum Gasteiger partial charge on any atom is 0.147 e. The molecule has 0 aromatic carbocycles. The van der Waals surface area contributed by atoms with E-state index >= 15 is 0 Å². The number of sulfone groups is 1. The smallest absolute Gasteiger partial charge is 0.147 e. The van der Waals surface area contributed by atoms with E-state index in [9.17, 15) is 8.42 Å². The van der Waals surface area contributed by atoms with Gasteiger partial charge < -0.3 is 0 Å². The molecule has 1 rings (SSSR count). The Morgan fingerprint density at radius 1 is 1.28 bits per heavy atom. The van der Waals surface area contributed by atoms with E-state index in [1.54, 1.807) is 0 Å². The fourth-order valence-electron chi connectivity index (χ4n) is 2.66. The van der Waals surface area contributed by atoms with Gasteiger partial charge in [-0.2, -0.15) is 0 Å². The van der Waals surface area contributed by atoms with Crippen molar-refractivity contribution < 1.29 is 8.42 Å². The van der Waals surface area contributed by atoms with Crippen LogP contribution in [0.3, 0.4) is 0 Å². The van der Waals surface area contributed by atoms with Crippen LogP contribution in [0.1, 0.15) is 39.5 Å². The Hall–Kier alpha value is -0.170. The van der Waals surface area contributed by atoms with Gasteiger partial charge in [-0.25, -0.2) is 8.42 Å². The van der Waals surface area contributed by atoms with Crippen LogP contribution < -0.4 is 11.3 Å². The SMILES string of the molecule is CC(C)(C(CCS(C)(=O)=O)NN)N1CCCCC1. The second kappa shape index (κ2) is 6.32. The predicted molar refractivity (Wildman–Crippen MR) is 74.9 cm³/mol. The molecular formula is C12H27N3O2S. The van der Waals surface area contributed by atoms with E-state index in [1.807, 2.05) is 0 Å². The van der Waals surface area contributed by atoms with E-state index in [0.29, 0.717) is 6.42 Å². The lowest BCUT2D eigenvalue weighted by atomic mass is 9.89. The molecule has 1 atom stereocenters. The number of rotatable bonds is 6. The average molecular weight is 277 g/mol. The maximum atomic E-state index is 11.3. The van der Waals surface area contributed by atoms with Crippen molar-refractivity contribution >= 4 is 9.84 Å². The van der Waals surface area contributed by atoms with Crippen LogP contribution in [0.25, 0.3) is 0 Å². The van der Waals surface area contributed by atoms with Gasteiger partial charge in [0.15, 0.2) is 0 Å². The first kappa shape index (κ1) is 15.9. The molecule has 0 aromatic rings. The van der Waals surface area contributed by atoms with Crippen LogP contribution in [0.2, 0.25) is 0 Å². The zero-order chi connectivity index (χ0) is 13.8.